The number of ether oxygens (including phenoxy) is 2. The van der Waals surface area contributed by atoms with Gasteiger partial charge in [0.15, 0.2) is 6.10 Å². The van der Waals surface area contributed by atoms with Gasteiger partial charge in [0.05, 0.1) is 12.7 Å². The second kappa shape index (κ2) is 36.0. The third-order valence-electron chi connectivity index (χ3n) is 10.5. The molecule has 0 heterocycles. The molecule has 0 spiro atoms. The fourth-order valence-corrected chi connectivity index (χ4v) is 8.36. The molecule has 0 amide bonds. The highest BCUT2D eigenvalue weighted by atomic mass is 31.2. The van der Waals surface area contributed by atoms with E-state index in [0.717, 1.165) is 77.0 Å². The third kappa shape index (κ3) is 30.3. The number of rotatable bonds is 38. The summed E-state index contributed by atoms with van der Waals surface area (Å²) < 4.78 is 49.3. The van der Waals surface area contributed by atoms with Gasteiger partial charge in [-0.1, -0.05) is 133 Å². The standard InChI is InChI=1S/C45H80O17P2/c1-3-5-7-8-9-10-11-12-13-14-15-18-22-25-29-33-39(48)60-37(34-58-38(47)32-28-24-21-19-16-17-20-23-27-31-36(46)30-26-6-4-2)35-59-64(56,57)62-45-42(51)40(49)41(50)44(43(45)52)61-63(53,54)55/h6,12-13,20,23,26-27,31,36-37,40-46,49-52H,3-5,7-11,14-19,21-22,24-25,28-30,32-35H2,1-2H3,(H,56,57)(H2,53,54,55)/b13-12-,23-20+,26-6+,31-27+/t36?,37-,40?,41?,42?,43?,44-,45+/m1/s1. The lowest BCUT2D eigenvalue weighted by Gasteiger charge is -2.43. The Balaban J connectivity index is 2.64. The molecule has 17 nitrogen and oxygen atoms in total. The third-order valence-corrected chi connectivity index (χ3v) is 12.0. The van der Waals surface area contributed by atoms with E-state index in [2.05, 4.69) is 23.6 Å². The van der Waals surface area contributed by atoms with Gasteiger partial charge in [-0.15, -0.1) is 0 Å². The highest BCUT2D eigenvalue weighted by Gasteiger charge is 2.54. The van der Waals surface area contributed by atoms with Crippen LogP contribution in [-0.4, -0.2) is 114 Å². The number of allylic oxidation sites excluding steroid dienone is 6. The van der Waals surface area contributed by atoms with Crippen molar-refractivity contribution in [1.82, 2.24) is 0 Å². The summed E-state index contributed by atoms with van der Waals surface area (Å²) in [6, 6.07) is 0. The van der Waals surface area contributed by atoms with Crippen molar-refractivity contribution in [2.45, 2.75) is 210 Å². The SMILES string of the molecule is CC/C=C/CC(O)/C=C/C=C/CCCCCCCC(=O)OC[C@H](COP(=O)(O)O[C@H]1C(O)C(O)C(O)[C@@H](OP(=O)(O)O)C1O)OC(=O)CCCCCCC/C=C\CCCCCCCC. The number of unbranched alkanes of at least 4 members (excludes halogenated alkanes) is 16. The zero-order valence-electron chi connectivity index (χ0n) is 38.1. The molecule has 6 unspecified atom stereocenters. The molecule has 64 heavy (non-hydrogen) atoms. The van der Waals surface area contributed by atoms with Crippen LogP contribution in [0.3, 0.4) is 0 Å². The quantitative estimate of drug-likeness (QED) is 0.00979. The number of phosphoric acid groups is 2. The first-order valence-electron chi connectivity index (χ1n) is 23.3. The fraction of sp³-hybridized carbons (Fsp3) is 0.778. The van der Waals surface area contributed by atoms with Crippen molar-refractivity contribution in [3.8, 4) is 0 Å². The normalized spacial score (nSPS) is 22.7. The summed E-state index contributed by atoms with van der Waals surface area (Å²) in [6.45, 7) is 2.86. The molecule has 0 aliphatic heterocycles. The van der Waals surface area contributed by atoms with Gasteiger partial charge in [0, 0.05) is 12.8 Å². The Morgan fingerprint density at radius 2 is 1.09 bits per heavy atom. The Hall–Kier alpha value is -2.08. The molecular weight excluding hydrogens is 874 g/mol. The molecule has 1 rings (SSSR count). The highest BCUT2D eigenvalue weighted by molar-refractivity contribution is 7.47. The Kier molecular flexibility index (Phi) is 33.7. The molecule has 0 saturated heterocycles. The maximum Gasteiger partial charge on any atom is 0.472 e. The largest absolute Gasteiger partial charge is 0.472 e. The number of carbonyl (C=O) groups excluding carboxylic acids is 2. The number of aliphatic hydroxyl groups excluding tert-OH is 5. The van der Waals surface area contributed by atoms with Gasteiger partial charge in [-0.25, -0.2) is 9.13 Å². The molecule has 9 atom stereocenters. The number of hydrogen-bond donors (Lipinski definition) is 8. The van der Waals surface area contributed by atoms with E-state index in [1.54, 1.807) is 6.08 Å². The van der Waals surface area contributed by atoms with Crippen molar-refractivity contribution in [3.63, 3.8) is 0 Å². The van der Waals surface area contributed by atoms with Gasteiger partial charge in [-0.2, -0.15) is 0 Å². The topological polar surface area (TPSA) is 276 Å². The van der Waals surface area contributed by atoms with Gasteiger partial charge in [0.2, 0.25) is 0 Å². The smallest absolute Gasteiger partial charge is 0.462 e. The van der Waals surface area contributed by atoms with E-state index in [1.807, 2.05) is 37.3 Å². The van der Waals surface area contributed by atoms with Crippen molar-refractivity contribution in [2.75, 3.05) is 13.2 Å². The van der Waals surface area contributed by atoms with Crippen LogP contribution < -0.4 is 0 Å². The predicted octanol–water partition coefficient (Wildman–Crippen LogP) is 7.48. The zero-order chi connectivity index (χ0) is 47.6. The van der Waals surface area contributed by atoms with Crippen molar-refractivity contribution < 1.29 is 82.0 Å². The Bertz CT molecular complexity index is 1450. The van der Waals surface area contributed by atoms with Crippen molar-refractivity contribution in [1.29, 1.82) is 0 Å². The lowest BCUT2D eigenvalue weighted by atomic mass is 9.85. The molecular formula is C45H80O17P2. The molecule has 1 saturated carbocycles. The van der Waals surface area contributed by atoms with Crippen LogP contribution in [0.15, 0.2) is 48.6 Å². The number of hydrogen-bond acceptors (Lipinski definition) is 14. The van der Waals surface area contributed by atoms with E-state index in [4.69, 9.17) is 28.3 Å². The van der Waals surface area contributed by atoms with Crippen molar-refractivity contribution in [2.24, 2.45) is 0 Å². The van der Waals surface area contributed by atoms with Gasteiger partial charge in [-0.3, -0.25) is 23.2 Å². The average molecular weight is 955 g/mol. The summed E-state index contributed by atoms with van der Waals surface area (Å²) in [4.78, 5) is 54.2. The summed E-state index contributed by atoms with van der Waals surface area (Å²) >= 11 is 0. The van der Waals surface area contributed by atoms with Crippen molar-refractivity contribution in [3.05, 3.63) is 48.6 Å². The summed E-state index contributed by atoms with van der Waals surface area (Å²) in [7, 11) is -10.7. The van der Waals surface area contributed by atoms with E-state index in [-0.39, 0.29) is 12.8 Å². The monoisotopic (exact) mass is 954 g/mol. The van der Waals surface area contributed by atoms with Crippen LogP contribution in [0.25, 0.3) is 0 Å². The average Bonchev–Trinajstić information content (AvgIpc) is 3.24. The van der Waals surface area contributed by atoms with E-state index in [0.29, 0.717) is 19.3 Å². The minimum absolute atomic E-state index is 0.0179. The molecule has 0 radical (unpaired) electrons. The maximum atomic E-state index is 13.0. The lowest BCUT2D eigenvalue weighted by Crippen LogP contribution is -2.64. The first kappa shape index (κ1) is 59.9. The molecule has 0 aromatic carbocycles. The molecule has 1 fully saturated rings. The van der Waals surface area contributed by atoms with Crippen LogP contribution in [0.2, 0.25) is 0 Å². The van der Waals surface area contributed by atoms with Crippen LogP contribution in [-0.2, 0) is 41.8 Å². The van der Waals surface area contributed by atoms with Gasteiger partial charge < -0.3 is 49.7 Å². The number of phosphoric ester groups is 2. The predicted molar refractivity (Wildman–Crippen MR) is 243 cm³/mol. The van der Waals surface area contributed by atoms with Crippen molar-refractivity contribution >= 4 is 27.6 Å². The highest BCUT2D eigenvalue weighted by Crippen LogP contribution is 2.49. The minimum atomic E-state index is -5.37. The second-order valence-electron chi connectivity index (χ2n) is 16.3. The molecule has 0 aromatic heterocycles. The molecule has 1 aliphatic carbocycles. The first-order valence-corrected chi connectivity index (χ1v) is 26.3. The lowest BCUT2D eigenvalue weighted by molar-refractivity contribution is -0.216. The molecule has 372 valence electrons. The Morgan fingerprint density at radius 3 is 1.66 bits per heavy atom. The second-order valence-corrected chi connectivity index (χ2v) is 18.9. The van der Waals surface area contributed by atoms with Gasteiger partial charge >= 0.3 is 27.6 Å². The van der Waals surface area contributed by atoms with Crippen LogP contribution in [0, 0.1) is 0 Å². The first-order chi connectivity index (χ1) is 30.5. The van der Waals surface area contributed by atoms with Gasteiger partial charge in [0.25, 0.3) is 0 Å². The maximum absolute atomic E-state index is 13.0. The summed E-state index contributed by atoms with van der Waals surface area (Å²) in [6.07, 6.45) is 21.1. The van der Waals surface area contributed by atoms with Crippen LogP contribution in [0.1, 0.15) is 162 Å². The van der Waals surface area contributed by atoms with E-state index in [1.165, 1.54) is 38.5 Å². The minimum Gasteiger partial charge on any atom is -0.462 e. The summed E-state index contributed by atoms with van der Waals surface area (Å²) in [5.41, 5.74) is 0. The van der Waals surface area contributed by atoms with Crippen LogP contribution >= 0.6 is 15.6 Å². The van der Waals surface area contributed by atoms with E-state index in [9.17, 15) is 49.1 Å². The molecule has 19 heteroatoms. The number of esters is 2. The Labute approximate surface area is 380 Å². The van der Waals surface area contributed by atoms with Crippen LogP contribution in [0.5, 0.6) is 0 Å². The van der Waals surface area contributed by atoms with Gasteiger partial charge in [-0.05, 0) is 64.2 Å². The van der Waals surface area contributed by atoms with E-state index >= 15 is 0 Å². The fourth-order valence-electron chi connectivity index (χ4n) is 6.82. The number of carbonyl (C=O) groups is 2. The zero-order valence-corrected chi connectivity index (χ0v) is 39.9. The number of aliphatic hydroxyl groups is 5. The summed E-state index contributed by atoms with van der Waals surface area (Å²) in [5, 5.41) is 51.1. The Morgan fingerprint density at radius 1 is 0.578 bits per heavy atom. The molecule has 0 aromatic rings. The molecule has 1 aliphatic rings. The van der Waals surface area contributed by atoms with Crippen LogP contribution in [0.4, 0.5) is 0 Å². The van der Waals surface area contributed by atoms with Gasteiger partial charge in [0.1, 0.15) is 43.2 Å². The molecule has 8 N–H and O–H groups in total. The molecule has 0 bridgehead atoms. The van der Waals surface area contributed by atoms with E-state index < -0.39 is 89.6 Å². The summed E-state index contributed by atoms with van der Waals surface area (Å²) in [5.74, 6) is -1.27.